The molecule has 9 heteroatoms. The molecule has 0 fully saturated rings. The maximum absolute atomic E-state index is 11.9. The summed E-state index contributed by atoms with van der Waals surface area (Å²) in [4.78, 5) is 10.0. The Kier molecular flexibility index (Phi) is 6.51. The van der Waals surface area contributed by atoms with Gasteiger partial charge in [0.25, 0.3) is 0 Å². The molecule has 0 amide bonds. The fourth-order valence-electron chi connectivity index (χ4n) is 2.25. The minimum Gasteiger partial charge on any atom is -0.352 e. The lowest BCUT2D eigenvalue weighted by Gasteiger charge is -2.12. The summed E-state index contributed by atoms with van der Waals surface area (Å²) in [6.07, 6.45) is 0. The van der Waals surface area contributed by atoms with Crippen LogP contribution in [0.2, 0.25) is 0 Å². The van der Waals surface area contributed by atoms with E-state index in [1.807, 2.05) is 19.9 Å². The van der Waals surface area contributed by atoms with Crippen molar-refractivity contribution in [1.82, 2.24) is 20.3 Å². The van der Waals surface area contributed by atoms with Crippen LogP contribution in [0.3, 0.4) is 0 Å². The standard InChI is InChI=1S/C16H23N5O2S2/c1-11-15(24-12(2)21-11)10-20-16(17-3)19-9-13-6-5-7-14(8-13)25(22,23)18-4/h5-8,18H,9-10H2,1-4H3,(H2,17,19,20). The number of benzene rings is 1. The highest BCUT2D eigenvalue weighted by molar-refractivity contribution is 7.89. The smallest absolute Gasteiger partial charge is 0.240 e. The number of nitrogens with one attached hydrogen (secondary N) is 3. The van der Waals surface area contributed by atoms with Crippen LogP contribution in [0.5, 0.6) is 0 Å². The number of rotatable bonds is 6. The molecule has 1 heterocycles. The number of aliphatic imine (C=N–C) groups is 1. The van der Waals surface area contributed by atoms with E-state index in [9.17, 15) is 8.42 Å². The third-order valence-electron chi connectivity index (χ3n) is 3.58. The van der Waals surface area contributed by atoms with Crippen LogP contribution >= 0.6 is 11.3 Å². The van der Waals surface area contributed by atoms with Gasteiger partial charge in [-0.25, -0.2) is 18.1 Å². The number of thiazole rings is 1. The Hall–Kier alpha value is -1.97. The van der Waals surface area contributed by atoms with E-state index in [1.165, 1.54) is 11.9 Å². The van der Waals surface area contributed by atoms with Gasteiger partial charge in [0.15, 0.2) is 5.96 Å². The molecule has 0 bridgehead atoms. The van der Waals surface area contributed by atoms with E-state index in [4.69, 9.17) is 0 Å². The molecule has 2 aromatic rings. The Morgan fingerprint density at radius 2 is 1.96 bits per heavy atom. The van der Waals surface area contributed by atoms with Gasteiger partial charge in [0.05, 0.1) is 22.1 Å². The lowest BCUT2D eigenvalue weighted by molar-refractivity contribution is 0.588. The molecule has 0 aliphatic carbocycles. The summed E-state index contributed by atoms with van der Waals surface area (Å²) in [6, 6.07) is 6.80. The van der Waals surface area contributed by atoms with Crippen molar-refractivity contribution < 1.29 is 8.42 Å². The normalized spacial score (nSPS) is 12.2. The van der Waals surface area contributed by atoms with E-state index >= 15 is 0 Å². The van der Waals surface area contributed by atoms with Crippen molar-refractivity contribution in [3.63, 3.8) is 0 Å². The number of hydrogen-bond donors (Lipinski definition) is 3. The molecule has 0 unspecified atom stereocenters. The lowest BCUT2D eigenvalue weighted by Crippen LogP contribution is -2.36. The van der Waals surface area contributed by atoms with Crippen molar-refractivity contribution in [2.75, 3.05) is 14.1 Å². The Balaban J connectivity index is 1.97. The molecular formula is C16H23N5O2S2. The monoisotopic (exact) mass is 381 g/mol. The van der Waals surface area contributed by atoms with Gasteiger partial charge in [-0.2, -0.15) is 0 Å². The first kappa shape index (κ1) is 19.4. The Morgan fingerprint density at radius 1 is 1.24 bits per heavy atom. The fraction of sp³-hybridized carbons (Fsp3) is 0.375. The molecule has 7 nitrogen and oxygen atoms in total. The van der Waals surface area contributed by atoms with Crippen LogP contribution in [-0.2, 0) is 23.1 Å². The third kappa shape index (κ3) is 5.25. The predicted octanol–water partition coefficient (Wildman–Crippen LogP) is 1.53. The van der Waals surface area contributed by atoms with E-state index in [-0.39, 0.29) is 4.90 Å². The predicted molar refractivity (Wildman–Crippen MR) is 101 cm³/mol. The minimum atomic E-state index is -3.44. The largest absolute Gasteiger partial charge is 0.352 e. The second kappa shape index (κ2) is 8.41. The van der Waals surface area contributed by atoms with E-state index in [0.717, 1.165) is 16.3 Å². The van der Waals surface area contributed by atoms with Crippen molar-refractivity contribution in [3.8, 4) is 0 Å². The summed E-state index contributed by atoms with van der Waals surface area (Å²) in [7, 11) is -0.348. The SMILES string of the molecule is CN=C(NCc1cccc(S(=O)(=O)NC)c1)NCc1sc(C)nc1C. The molecule has 0 saturated heterocycles. The first-order valence-electron chi connectivity index (χ1n) is 7.75. The minimum absolute atomic E-state index is 0.244. The highest BCUT2D eigenvalue weighted by Crippen LogP contribution is 2.16. The zero-order valence-corrected chi connectivity index (χ0v) is 16.4. The van der Waals surface area contributed by atoms with Crippen LogP contribution < -0.4 is 15.4 Å². The van der Waals surface area contributed by atoms with Gasteiger partial charge in [0.2, 0.25) is 10.0 Å². The summed E-state index contributed by atoms with van der Waals surface area (Å²) in [5.41, 5.74) is 1.87. The van der Waals surface area contributed by atoms with E-state index in [1.54, 1.807) is 36.6 Å². The van der Waals surface area contributed by atoms with Gasteiger partial charge in [-0.15, -0.1) is 11.3 Å². The van der Waals surface area contributed by atoms with Crippen LogP contribution in [0.1, 0.15) is 21.1 Å². The molecule has 0 atom stereocenters. The molecule has 3 N–H and O–H groups in total. The average Bonchev–Trinajstić information content (AvgIpc) is 2.92. The van der Waals surface area contributed by atoms with Crippen LogP contribution in [0.4, 0.5) is 0 Å². The zero-order valence-electron chi connectivity index (χ0n) is 14.8. The summed E-state index contributed by atoms with van der Waals surface area (Å²) < 4.78 is 26.1. The molecule has 0 aliphatic heterocycles. The second-order valence-corrected chi connectivity index (χ2v) is 8.55. The van der Waals surface area contributed by atoms with Gasteiger partial charge >= 0.3 is 0 Å². The molecular weight excluding hydrogens is 358 g/mol. The molecule has 0 saturated carbocycles. The van der Waals surface area contributed by atoms with Crippen molar-refractivity contribution >= 4 is 27.3 Å². The second-order valence-electron chi connectivity index (χ2n) is 5.38. The van der Waals surface area contributed by atoms with Crippen LogP contribution in [0, 0.1) is 13.8 Å². The van der Waals surface area contributed by atoms with Crippen LogP contribution in [-0.4, -0.2) is 33.5 Å². The van der Waals surface area contributed by atoms with Gasteiger partial charge in [-0.05, 0) is 38.6 Å². The van der Waals surface area contributed by atoms with Gasteiger partial charge < -0.3 is 10.6 Å². The van der Waals surface area contributed by atoms with Gasteiger partial charge in [0, 0.05) is 18.5 Å². The highest BCUT2D eigenvalue weighted by Gasteiger charge is 2.11. The summed E-state index contributed by atoms with van der Waals surface area (Å²) >= 11 is 1.66. The van der Waals surface area contributed by atoms with Crippen molar-refractivity contribution in [1.29, 1.82) is 0 Å². The number of aromatic nitrogens is 1. The quantitative estimate of drug-likeness (QED) is 0.521. The molecule has 1 aromatic heterocycles. The van der Waals surface area contributed by atoms with Crippen molar-refractivity contribution in [2.45, 2.75) is 31.8 Å². The maximum atomic E-state index is 11.9. The maximum Gasteiger partial charge on any atom is 0.240 e. The summed E-state index contributed by atoms with van der Waals surface area (Å²) in [6.45, 7) is 5.09. The topological polar surface area (TPSA) is 95.5 Å². The fourth-order valence-corrected chi connectivity index (χ4v) is 3.93. The highest BCUT2D eigenvalue weighted by atomic mass is 32.2. The molecule has 0 aliphatic rings. The molecule has 1 aromatic carbocycles. The summed E-state index contributed by atoms with van der Waals surface area (Å²) in [5.74, 6) is 0.646. The number of nitrogens with zero attached hydrogens (tertiary/aromatic N) is 2. The average molecular weight is 382 g/mol. The Labute approximate surface area is 152 Å². The number of sulfonamides is 1. The van der Waals surface area contributed by atoms with Gasteiger partial charge in [-0.3, -0.25) is 4.99 Å². The van der Waals surface area contributed by atoms with Gasteiger partial charge in [0.1, 0.15) is 0 Å². The Bertz CT molecular complexity index is 859. The summed E-state index contributed by atoms with van der Waals surface area (Å²) in [5, 5.41) is 7.47. The molecule has 2 rings (SSSR count). The van der Waals surface area contributed by atoms with Crippen LogP contribution in [0.25, 0.3) is 0 Å². The molecule has 0 spiro atoms. The lowest BCUT2D eigenvalue weighted by atomic mass is 10.2. The number of aryl methyl sites for hydroxylation is 2. The van der Waals surface area contributed by atoms with Crippen molar-refractivity contribution in [2.24, 2.45) is 4.99 Å². The van der Waals surface area contributed by atoms with E-state index < -0.39 is 10.0 Å². The zero-order chi connectivity index (χ0) is 18.4. The van der Waals surface area contributed by atoms with E-state index in [2.05, 4.69) is 25.3 Å². The Morgan fingerprint density at radius 3 is 2.56 bits per heavy atom. The van der Waals surface area contributed by atoms with Gasteiger partial charge in [-0.1, -0.05) is 12.1 Å². The van der Waals surface area contributed by atoms with Crippen molar-refractivity contribution in [3.05, 3.63) is 45.4 Å². The first-order chi connectivity index (χ1) is 11.9. The number of hydrogen-bond acceptors (Lipinski definition) is 5. The first-order valence-corrected chi connectivity index (χ1v) is 10.1. The third-order valence-corrected chi connectivity index (χ3v) is 6.06. The number of guanidine groups is 1. The van der Waals surface area contributed by atoms with Crippen LogP contribution in [0.15, 0.2) is 34.2 Å². The van der Waals surface area contributed by atoms with E-state index in [0.29, 0.717) is 19.0 Å². The molecule has 25 heavy (non-hydrogen) atoms. The molecule has 136 valence electrons. The molecule has 0 radical (unpaired) electrons.